The van der Waals surface area contributed by atoms with E-state index in [1.54, 1.807) is 37.3 Å². The van der Waals surface area contributed by atoms with E-state index in [0.29, 0.717) is 19.6 Å². The van der Waals surface area contributed by atoms with Crippen LogP contribution in [0.2, 0.25) is 0 Å². The number of thioether (sulfide) groups is 1. The number of anilines is 2. The molecule has 0 fully saturated rings. The minimum atomic E-state index is -0.331. The largest absolute Gasteiger partial charge is 0.497 e. The normalized spacial score (nSPS) is 16.7. The van der Waals surface area contributed by atoms with Crippen molar-refractivity contribution < 1.29 is 9.47 Å². The van der Waals surface area contributed by atoms with Gasteiger partial charge in [0.15, 0.2) is 5.16 Å². The van der Waals surface area contributed by atoms with Crippen LogP contribution in [0.5, 0.6) is 11.5 Å². The summed E-state index contributed by atoms with van der Waals surface area (Å²) in [5.41, 5.74) is 9.50. The van der Waals surface area contributed by atoms with Gasteiger partial charge in [0.1, 0.15) is 34.2 Å². The predicted octanol–water partition coefficient (Wildman–Crippen LogP) is 9.55. The molecule has 4 aromatic heterocycles. The number of methoxy groups -OCH3 is 2. The van der Waals surface area contributed by atoms with Crippen molar-refractivity contribution in [3.05, 3.63) is 134 Å². The van der Waals surface area contributed by atoms with Crippen LogP contribution in [0.3, 0.4) is 0 Å². The zero-order valence-corrected chi connectivity index (χ0v) is 35.9. The van der Waals surface area contributed by atoms with Gasteiger partial charge in [0.25, 0.3) is 0 Å². The van der Waals surface area contributed by atoms with Crippen LogP contribution in [0.4, 0.5) is 11.6 Å². The van der Waals surface area contributed by atoms with Crippen molar-refractivity contribution in [1.82, 2.24) is 24.4 Å². The van der Waals surface area contributed by atoms with Gasteiger partial charge >= 0.3 is 0 Å². The van der Waals surface area contributed by atoms with Gasteiger partial charge in [0.2, 0.25) is 0 Å². The Bertz CT molecular complexity index is 2400. The van der Waals surface area contributed by atoms with Crippen molar-refractivity contribution in [3.8, 4) is 22.6 Å². The quantitative estimate of drug-likeness (QED) is 0.0950. The van der Waals surface area contributed by atoms with E-state index >= 15 is 0 Å². The molecule has 1 aliphatic heterocycles. The van der Waals surface area contributed by atoms with Crippen molar-refractivity contribution >= 4 is 34.7 Å². The Kier molecular flexibility index (Phi) is 11.2. The summed E-state index contributed by atoms with van der Waals surface area (Å²) in [5.74, 6) is 3.40. The van der Waals surface area contributed by atoms with Gasteiger partial charge in [-0.3, -0.25) is 4.90 Å². The van der Waals surface area contributed by atoms with Crippen LogP contribution in [0.25, 0.3) is 5.00 Å². The summed E-state index contributed by atoms with van der Waals surface area (Å²) in [6.45, 7) is 8.40. The van der Waals surface area contributed by atoms with Gasteiger partial charge in [-0.25, -0.2) is 15.0 Å². The van der Waals surface area contributed by atoms with Gasteiger partial charge in [-0.1, -0.05) is 42.1 Å². The molecule has 8 rings (SSSR count). The number of likely N-dealkylation sites (N-methyl/N-ethyl adjacent to an activating group) is 1. The number of fused-ring (bicyclic) bond motifs is 3. The van der Waals surface area contributed by atoms with E-state index in [9.17, 15) is 5.26 Å². The van der Waals surface area contributed by atoms with Crippen LogP contribution in [0.15, 0.2) is 84.1 Å². The van der Waals surface area contributed by atoms with E-state index in [2.05, 4.69) is 96.0 Å². The molecule has 0 saturated heterocycles. The Labute approximate surface area is 349 Å². The summed E-state index contributed by atoms with van der Waals surface area (Å²) in [6.07, 6.45) is 7.65. The van der Waals surface area contributed by atoms with Crippen molar-refractivity contribution in [1.29, 1.82) is 5.26 Å². The van der Waals surface area contributed by atoms with Gasteiger partial charge in [0, 0.05) is 65.2 Å². The molecule has 2 aromatic carbocycles. The molecule has 1 aliphatic carbocycles. The van der Waals surface area contributed by atoms with E-state index in [-0.39, 0.29) is 11.6 Å². The first-order chi connectivity index (χ1) is 28.2. The fraction of sp³-hybridized carbons (Fsp3) is 0.348. The Morgan fingerprint density at radius 1 is 0.966 bits per heavy atom. The molecule has 2 aliphatic rings. The number of thiophene rings is 1. The summed E-state index contributed by atoms with van der Waals surface area (Å²) in [7, 11) is 5.59. The molecule has 1 N–H and O–H groups in total. The summed E-state index contributed by atoms with van der Waals surface area (Å²) >= 11 is 3.35. The van der Waals surface area contributed by atoms with Crippen LogP contribution in [0.1, 0.15) is 81.1 Å². The fourth-order valence-corrected chi connectivity index (χ4v) is 10.7. The monoisotopic (exact) mass is 810 g/mol. The summed E-state index contributed by atoms with van der Waals surface area (Å²) in [6, 6.07) is 27.5. The average Bonchev–Trinajstić information content (AvgIpc) is 3.79. The number of nitriles is 1. The molecule has 2 atom stereocenters. The number of rotatable bonds is 12. The third-order valence-electron chi connectivity index (χ3n) is 11.8. The molecular weight excluding hydrogens is 761 g/mol. The molecule has 0 saturated carbocycles. The molecule has 2 unspecified atom stereocenters. The van der Waals surface area contributed by atoms with Gasteiger partial charge in [0.05, 0.1) is 37.1 Å². The zero-order chi connectivity index (χ0) is 40.6. The van der Waals surface area contributed by atoms with E-state index in [1.165, 1.54) is 10.4 Å². The maximum absolute atomic E-state index is 10.8. The molecule has 58 heavy (non-hydrogen) atoms. The first kappa shape index (κ1) is 39.5. The number of hydrogen-bond acceptors (Lipinski definition) is 11. The first-order valence-corrected chi connectivity index (χ1v) is 21.8. The minimum Gasteiger partial charge on any atom is -0.497 e. The summed E-state index contributed by atoms with van der Waals surface area (Å²) in [4.78, 5) is 21.5. The van der Waals surface area contributed by atoms with Crippen molar-refractivity contribution in [3.63, 3.8) is 0 Å². The topological polar surface area (TPSA) is 104 Å². The molecule has 1 spiro atoms. The van der Waals surface area contributed by atoms with E-state index < -0.39 is 0 Å². The maximum Gasteiger partial charge on any atom is 0.189 e. The second-order valence-corrected chi connectivity index (χ2v) is 17.2. The van der Waals surface area contributed by atoms with E-state index in [0.717, 1.165) is 104 Å². The molecule has 0 radical (unpaired) electrons. The van der Waals surface area contributed by atoms with Gasteiger partial charge < -0.3 is 24.3 Å². The highest BCUT2D eigenvalue weighted by atomic mass is 32.2. The third kappa shape index (κ3) is 7.31. The maximum atomic E-state index is 10.8. The van der Waals surface area contributed by atoms with Crippen LogP contribution in [0, 0.1) is 25.2 Å². The summed E-state index contributed by atoms with van der Waals surface area (Å²) in [5, 5.41) is 16.4. The molecule has 6 aromatic rings. The van der Waals surface area contributed by atoms with Crippen LogP contribution in [-0.4, -0.2) is 51.9 Å². The number of benzene rings is 2. The van der Waals surface area contributed by atoms with E-state index in [1.807, 2.05) is 42.8 Å². The lowest BCUT2D eigenvalue weighted by Crippen LogP contribution is -2.50. The number of ether oxygens (including phenoxy) is 2. The van der Waals surface area contributed by atoms with Gasteiger partial charge in [-0.15, -0.1) is 11.3 Å². The molecule has 12 heteroatoms. The molecule has 0 bridgehead atoms. The average molecular weight is 811 g/mol. The Morgan fingerprint density at radius 2 is 1.62 bits per heavy atom. The van der Waals surface area contributed by atoms with Crippen LogP contribution in [-0.2, 0) is 38.0 Å². The van der Waals surface area contributed by atoms with Crippen molar-refractivity contribution in [2.24, 2.45) is 0 Å². The van der Waals surface area contributed by atoms with Crippen LogP contribution < -0.4 is 19.7 Å². The SMILES string of the molecule is COc1ccc(CN(Cc2ccc(OC)cc2)c2ncccc2C(C)Nc2nc(SC)nc3c2CN(C)C2(CCCc4sc(-n5c(C)ccc5C)c(C#N)c42)C3)cc1. The number of nitrogens with zero attached hydrogens (tertiary/aromatic N) is 7. The second-order valence-electron chi connectivity index (χ2n) is 15.4. The highest BCUT2D eigenvalue weighted by molar-refractivity contribution is 7.98. The van der Waals surface area contributed by atoms with Gasteiger partial charge in [-0.05, 0) is 107 Å². The lowest BCUT2D eigenvalue weighted by atomic mass is 9.72. The lowest BCUT2D eigenvalue weighted by Gasteiger charge is -2.48. The number of pyridine rings is 1. The number of hydrogen-bond donors (Lipinski definition) is 1. The first-order valence-electron chi connectivity index (χ1n) is 19.7. The Balaban J connectivity index is 1.14. The summed E-state index contributed by atoms with van der Waals surface area (Å²) < 4.78 is 13.2. The molecule has 10 nitrogen and oxygen atoms in total. The molecule has 5 heterocycles. The third-order valence-corrected chi connectivity index (χ3v) is 13.6. The van der Waals surface area contributed by atoms with E-state index in [4.69, 9.17) is 24.4 Å². The Morgan fingerprint density at radius 3 is 2.22 bits per heavy atom. The van der Waals surface area contributed by atoms with Crippen LogP contribution >= 0.6 is 23.1 Å². The molecular formula is C46H50N8O2S2. The van der Waals surface area contributed by atoms with Crippen molar-refractivity contribution in [2.75, 3.05) is 37.7 Å². The molecule has 0 amide bonds. The number of aryl methyl sites for hydroxylation is 3. The predicted molar refractivity (Wildman–Crippen MR) is 234 cm³/mol. The Hall–Kier alpha value is -5.35. The lowest BCUT2D eigenvalue weighted by molar-refractivity contribution is 0.0734. The fourth-order valence-electron chi connectivity index (χ4n) is 8.84. The minimum absolute atomic E-state index is 0.133. The smallest absolute Gasteiger partial charge is 0.189 e. The second kappa shape index (κ2) is 16.5. The van der Waals surface area contributed by atoms with Gasteiger partial charge in [-0.2, -0.15) is 5.26 Å². The standard InChI is InChI=1S/C46H50N8O2S2/c1-29-12-13-30(2)54(29)44-37(25-47)41-40(58-44)11-8-22-46(41)24-39-38(28-52(46)4)42(51-45(50-39)57-7)49-31(3)36-10-9-23-48-43(36)53(26-32-14-18-34(55-5)19-15-32)27-33-16-20-35(56-6)21-17-33/h9-10,12-21,23,31H,8,11,22,24,26-28H2,1-7H3,(H,49,50,51). The number of nitrogens with one attached hydrogen (secondary N) is 1. The highest BCUT2D eigenvalue weighted by Gasteiger charge is 2.48. The van der Waals surface area contributed by atoms with Crippen molar-refractivity contribution in [2.45, 2.75) is 82.8 Å². The zero-order valence-electron chi connectivity index (χ0n) is 34.3. The highest BCUT2D eigenvalue weighted by Crippen LogP contribution is 2.52. The number of aromatic nitrogens is 4. The molecule has 298 valence electrons.